The van der Waals surface area contributed by atoms with Crippen LogP contribution >= 0.6 is 23.2 Å². The minimum absolute atomic E-state index is 0.140. The molecule has 5 nitrogen and oxygen atoms in total. The number of ether oxygens (including phenoxy) is 2. The quantitative estimate of drug-likeness (QED) is 0.724. The fourth-order valence-corrected chi connectivity index (χ4v) is 1.77. The topological polar surface area (TPSA) is 51.7 Å². The van der Waals surface area contributed by atoms with Gasteiger partial charge in [0.05, 0.1) is 18.2 Å². The summed E-state index contributed by atoms with van der Waals surface area (Å²) in [6.45, 7) is 1.72. The van der Waals surface area contributed by atoms with Crippen molar-refractivity contribution in [3.05, 3.63) is 28.0 Å². The summed E-state index contributed by atoms with van der Waals surface area (Å²) in [6, 6.07) is 3.09. The number of halogens is 2. The Labute approximate surface area is 122 Å². The highest BCUT2D eigenvalue weighted by Gasteiger charge is 2.20. The van der Waals surface area contributed by atoms with E-state index < -0.39 is 0 Å². The van der Waals surface area contributed by atoms with Gasteiger partial charge >= 0.3 is 0 Å². The van der Waals surface area contributed by atoms with Gasteiger partial charge in [-0.25, -0.2) is 4.98 Å². The number of carbonyl (C=O) groups excluding carboxylic acids is 1. The van der Waals surface area contributed by atoms with Gasteiger partial charge in [-0.3, -0.25) is 4.79 Å². The predicted octanol–water partition coefficient (Wildman–Crippen LogP) is 2.12. The van der Waals surface area contributed by atoms with E-state index in [4.69, 9.17) is 32.7 Å². The van der Waals surface area contributed by atoms with Gasteiger partial charge in [-0.1, -0.05) is 23.2 Å². The molecule has 0 N–H and O–H groups in total. The molecule has 106 valence electrons. The number of hydrogen-bond acceptors (Lipinski definition) is 4. The first-order chi connectivity index (χ1) is 9.10. The van der Waals surface area contributed by atoms with Gasteiger partial charge < -0.3 is 14.4 Å². The smallest absolute Gasteiger partial charge is 0.274 e. The number of rotatable bonds is 7. The van der Waals surface area contributed by atoms with Gasteiger partial charge in [0.25, 0.3) is 5.91 Å². The van der Waals surface area contributed by atoms with E-state index in [0.29, 0.717) is 26.3 Å². The monoisotopic (exact) mass is 306 g/mol. The summed E-state index contributed by atoms with van der Waals surface area (Å²) in [5, 5.41) is 0.500. The van der Waals surface area contributed by atoms with Crippen LogP contribution in [0.15, 0.2) is 12.1 Å². The van der Waals surface area contributed by atoms with Crippen molar-refractivity contribution in [2.45, 2.75) is 0 Å². The van der Waals surface area contributed by atoms with Crippen LogP contribution in [-0.4, -0.2) is 56.3 Å². The molecule has 1 aromatic rings. The van der Waals surface area contributed by atoms with Crippen molar-refractivity contribution >= 4 is 29.1 Å². The van der Waals surface area contributed by atoms with Crippen molar-refractivity contribution < 1.29 is 14.3 Å². The summed E-state index contributed by atoms with van der Waals surface area (Å²) in [6.07, 6.45) is 0. The predicted molar refractivity (Wildman–Crippen MR) is 73.9 cm³/mol. The van der Waals surface area contributed by atoms with Crippen molar-refractivity contribution in [1.29, 1.82) is 0 Å². The summed E-state index contributed by atoms with van der Waals surface area (Å²) < 4.78 is 9.96. The highest BCUT2D eigenvalue weighted by atomic mass is 35.5. The molecule has 0 fully saturated rings. The van der Waals surface area contributed by atoms with E-state index in [9.17, 15) is 4.79 Å². The maximum atomic E-state index is 12.3. The zero-order valence-electron chi connectivity index (χ0n) is 10.9. The number of nitrogens with zero attached hydrogens (tertiary/aromatic N) is 2. The van der Waals surface area contributed by atoms with E-state index >= 15 is 0 Å². The Morgan fingerprint density at radius 1 is 1.21 bits per heavy atom. The largest absolute Gasteiger partial charge is 0.383 e. The lowest BCUT2D eigenvalue weighted by atomic mass is 10.3. The van der Waals surface area contributed by atoms with Gasteiger partial charge in [0, 0.05) is 27.3 Å². The molecule has 1 amide bonds. The van der Waals surface area contributed by atoms with Crippen LogP contribution in [0.5, 0.6) is 0 Å². The van der Waals surface area contributed by atoms with Gasteiger partial charge in [0.2, 0.25) is 0 Å². The van der Waals surface area contributed by atoms with Crippen molar-refractivity contribution in [3.63, 3.8) is 0 Å². The summed E-state index contributed by atoms with van der Waals surface area (Å²) in [5.74, 6) is -0.290. The molecule has 0 saturated heterocycles. The Morgan fingerprint density at radius 2 is 1.79 bits per heavy atom. The Kier molecular flexibility index (Phi) is 7.09. The third-order valence-electron chi connectivity index (χ3n) is 2.43. The third kappa shape index (κ3) is 4.95. The van der Waals surface area contributed by atoms with Crippen molar-refractivity contribution in [2.75, 3.05) is 40.5 Å². The molecule has 0 aliphatic heterocycles. The van der Waals surface area contributed by atoms with Crippen molar-refractivity contribution in [1.82, 2.24) is 9.88 Å². The highest BCUT2D eigenvalue weighted by molar-refractivity contribution is 6.34. The lowest BCUT2D eigenvalue weighted by Crippen LogP contribution is -2.37. The van der Waals surface area contributed by atoms with E-state index in [1.165, 1.54) is 6.07 Å². The minimum Gasteiger partial charge on any atom is -0.383 e. The van der Waals surface area contributed by atoms with Gasteiger partial charge in [-0.2, -0.15) is 0 Å². The number of hydrogen-bond donors (Lipinski definition) is 0. The van der Waals surface area contributed by atoms with Crippen LogP contribution in [0.25, 0.3) is 0 Å². The number of methoxy groups -OCH3 is 2. The van der Waals surface area contributed by atoms with Crippen LogP contribution in [0, 0.1) is 0 Å². The molecular formula is C12H16Cl2N2O3. The molecule has 0 bridgehead atoms. The summed E-state index contributed by atoms with van der Waals surface area (Å²) in [5.41, 5.74) is 0.140. The Morgan fingerprint density at radius 3 is 2.32 bits per heavy atom. The van der Waals surface area contributed by atoms with Crippen LogP contribution in [0.4, 0.5) is 0 Å². The minimum atomic E-state index is -0.290. The van der Waals surface area contributed by atoms with Crippen LogP contribution in [0.2, 0.25) is 10.2 Å². The molecule has 0 aliphatic rings. The van der Waals surface area contributed by atoms with E-state index in [1.54, 1.807) is 25.2 Å². The second kappa shape index (κ2) is 8.32. The van der Waals surface area contributed by atoms with E-state index in [-0.39, 0.29) is 21.8 Å². The van der Waals surface area contributed by atoms with E-state index in [0.717, 1.165) is 0 Å². The summed E-state index contributed by atoms with van der Waals surface area (Å²) in [7, 11) is 3.15. The third-order valence-corrected chi connectivity index (χ3v) is 2.95. The molecule has 0 aliphatic carbocycles. The average Bonchev–Trinajstić information content (AvgIpc) is 2.41. The first kappa shape index (κ1) is 16.2. The first-order valence-electron chi connectivity index (χ1n) is 5.69. The van der Waals surface area contributed by atoms with Crippen LogP contribution in [0.1, 0.15) is 10.5 Å². The molecule has 19 heavy (non-hydrogen) atoms. The van der Waals surface area contributed by atoms with Crippen LogP contribution in [0.3, 0.4) is 0 Å². The molecule has 0 unspecified atom stereocenters. The van der Waals surface area contributed by atoms with Crippen molar-refractivity contribution in [2.24, 2.45) is 0 Å². The molecule has 1 heterocycles. The summed E-state index contributed by atoms with van der Waals surface area (Å²) in [4.78, 5) is 17.9. The van der Waals surface area contributed by atoms with E-state index in [1.807, 2.05) is 0 Å². The molecule has 0 atom stereocenters. The number of aromatic nitrogens is 1. The second-order valence-corrected chi connectivity index (χ2v) is 4.54. The lowest BCUT2D eigenvalue weighted by Gasteiger charge is -2.22. The Balaban J connectivity index is 2.87. The van der Waals surface area contributed by atoms with Crippen molar-refractivity contribution in [3.8, 4) is 0 Å². The fraction of sp³-hybridized carbons (Fsp3) is 0.500. The molecule has 0 saturated carbocycles. The van der Waals surface area contributed by atoms with Gasteiger partial charge in [-0.15, -0.1) is 0 Å². The Hall–Kier alpha value is -0.880. The Bertz CT molecular complexity index is 421. The first-order valence-corrected chi connectivity index (χ1v) is 6.45. The maximum Gasteiger partial charge on any atom is 0.274 e. The zero-order chi connectivity index (χ0) is 14.3. The lowest BCUT2D eigenvalue weighted by molar-refractivity contribution is 0.0622. The van der Waals surface area contributed by atoms with Gasteiger partial charge in [0.15, 0.2) is 0 Å². The average molecular weight is 307 g/mol. The fourth-order valence-electron chi connectivity index (χ4n) is 1.44. The van der Waals surface area contributed by atoms with Gasteiger partial charge in [-0.05, 0) is 12.1 Å². The maximum absolute atomic E-state index is 12.3. The van der Waals surface area contributed by atoms with Crippen LogP contribution in [-0.2, 0) is 9.47 Å². The number of pyridine rings is 1. The molecular weight excluding hydrogens is 291 g/mol. The SMILES string of the molecule is COCCN(CCOC)C(=O)c1nc(Cl)ccc1Cl. The number of amides is 1. The van der Waals surface area contributed by atoms with Crippen LogP contribution < -0.4 is 0 Å². The molecule has 0 spiro atoms. The second-order valence-electron chi connectivity index (χ2n) is 3.74. The molecule has 0 radical (unpaired) electrons. The summed E-state index contributed by atoms with van der Waals surface area (Å²) >= 11 is 11.8. The highest BCUT2D eigenvalue weighted by Crippen LogP contribution is 2.18. The molecule has 1 aromatic heterocycles. The van der Waals surface area contributed by atoms with E-state index in [2.05, 4.69) is 4.98 Å². The zero-order valence-corrected chi connectivity index (χ0v) is 12.4. The number of carbonyl (C=O) groups is 1. The normalized spacial score (nSPS) is 10.5. The molecule has 0 aromatic carbocycles. The molecule has 7 heteroatoms. The molecule has 1 rings (SSSR count). The standard InChI is InChI=1S/C12H16Cl2N2O3/c1-18-7-5-16(6-8-19-2)12(17)11-9(13)3-4-10(14)15-11/h3-4H,5-8H2,1-2H3. The van der Waals surface area contributed by atoms with Gasteiger partial charge in [0.1, 0.15) is 10.8 Å².